The number of nitrogens with zero attached hydrogens (tertiary/aromatic N) is 2. The van der Waals surface area contributed by atoms with Crippen LogP contribution >= 0.6 is 22.9 Å². The number of aliphatic hydroxyl groups excluding tert-OH is 1. The molecule has 0 radical (unpaired) electrons. The van der Waals surface area contributed by atoms with Gasteiger partial charge in [0.2, 0.25) is 0 Å². The van der Waals surface area contributed by atoms with E-state index < -0.39 is 0 Å². The predicted octanol–water partition coefficient (Wildman–Crippen LogP) is 4.88. The normalized spacial score (nSPS) is 11.2. The maximum absolute atomic E-state index is 9.29. The first-order valence-electron chi connectivity index (χ1n) is 7.17. The molecule has 0 saturated carbocycles. The quantitative estimate of drug-likeness (QED) is 0.577. The molecule has 0 saturated heterocycles. The number of hydrogen-bond acceptors (Lipinski definition) is 3. The number of benzene rings is 1. The van der Waals surface area contributed by atoms with E-state index in [4.69, 9.17) is 11.6 Å². The summed E-state index contributed by atoms with van der Waals surface area (Å²) < 4.78 is 2.78. The number of imidazole rings is 1. The summed E-state index contributed by atoms with van der Waals surface area (Å²) in [6.07, 6.45) is 4.06. The first kappa shape index (κ1) is 14.5. The van der Waals surface area contributed by atoms with Crippen LogP contribution in [0.4, 0.5) is 0 Å². The Morgan fingerprint density at radius 1 is 1.04 bits per heavy atom. The number of halogens is 1. The van der Waals surface area contributed by atoms with Crippen molar-refractivity contribution in [2.45, 2.75) is 6.61 Å². The monoisotopic (exact) mass is 340 g/mol. The lowest BCUT2D eigenvalue weighted by Gasteiger charge is -2.04. The van der Waals surface area contributed by atoms with Crippen molar-refractivity contribution in [3.05, 3.63) is 70.8 Å². The molecule has 0 atom stereocenters. The van der Waals surface area contributed by atoms with Gasteiger partial charge in [-0.2, -0.15) is 0 Å². The van der Waals surface area contributed by atoms with Gasteiger partial charge < -0.3 is 9.51 Å². The maximum Gasteiger partial charge on any atom is 0.137 e. The largest absolute Gasteiger partial charge is 0.392 e. The standard InChI is InChI=1S/C18H13ClN2OS/c19-17-6-5-16(23-17)15-10-21-9-14(4-7-18(21)20-15)13-3-1-2-12(8-13)11-22/h1-10,22H,11H2. The van der Waals surface area contributed by atoms with Crippen LogP contribution in [0.3, 0.4) is 0 Å². The van der Waals surface area contributed by atoms with Crippen LogP contribution in [0.15, 0.2) is 60.9 Å². The molecule has 3 aromatic heterocycles. The molecule has 0 bridgehead atoms. The van der Waals surface area contributed by atoms with Crippen molar-refractivity contribution >= 4 is 28.6 Å². The van der Waals surface area contributed by atoms with E-state index in [0.29, 0.717) is 0 Å². The molecule has 0 aliphatic rings. The molecule has 1 aromatic carbocycles. The molecular weight excluding hydrogens is 328 g/mol. The van der Waals surface area contributed by atoms with E-state index in [2.05, 4.69) is 11.2 Å². The first-order chi connectivity index (χ1) is 11.2. The van der Waals surface area contributed by atoms with Crippen LogP contribution in [0.1, 0.15) is 5.56 Å². The van der Waals surface area contributed by atoms with Crippen LogP contribution in [0.2, 0.25) is 4.34 Å². The average molecular weight is 341 g/mol. The highest BCUT2D eigenvalue weighted by Gasteiger charge is 2.08. The second kappa shape index (κ2) is 5.81. The fraction of sp³-hybridized carbons (Fsp3) is 0.0556. The van der Waals surface area contributed by atoms with Gasteiger partial charge in [0.15, 0.2) is 0 Å². The number of pyridine rings is 1. The van der Waals surface area contributed by atoms with Gasteiger partial charge >= 0.3 is 0 Å². The summed E-state index contributed by atoms with van der Waals surface area (Å²) in [6.45, 7) is 0.0461. The van der Waals surface area contributed by atoms with Crippen LogP contribution in [0.5, 0.6) is 0 Å². The Hall–Kier alpha value is -2.14. The lowest BCUT2D eigenvalue weighted by molar-refractivity contribution is 0.282. The molecule has 0 aliphatic carbocycles. The molecule has 0 fully saturated rings. The second-order valence-electron chi connectivity index (χ2n) is 5.27. The van der Waals surface area contributed by atoms with E-state index in [-0.39, 0.29) is 6.61 Å². The van der Waals surface area contributed by atoms with E-state index in [1.54, 1.807) is 0 Å². The van der Waals surface area contributed by atoms with Gasteiger partial charge in [-0.05, 0) is 47.0 Å². The van der Waals surface area contributed by atoms with Gasteiger partial charge in [-0.15, -0.1) is 11.3 Å². The lowest BCUT2D eigenvalue weighted by Crippen LogP contribution is -1.87. The molecule has 114 valence electrons. The van der Waals surface area contributed by atoms with Crippen molar-refractivity contribution in [1.82, 2.24) is 9.38 Å². The first-order valence-corrected chi connectivity index (χ1v) is 8.37. The molecule has 3 nitrogen and oxygen atoms in total. The van der Waals surface area contributed by atoms with Crippen molar-refractivity contribution in [3.8, 4) is 21.7 Å². The van der Waals surface area contributed by atoms with Crippen molar-refractivity contribution in [3.63, 3.8) is 0 Å². The summed E-state index contributed by atoms with van der Waals surface area (Å²) in [5.74, 6) is 0. The summed E-state index contributed by atoms with van der Waals surface area (Å²) in [5.41, 5.74) is 4.88. The van der Waals surface area contributed by atoms with Crippen LogP contribution < -0.4 is 0 Å². The Labute approximate surface area is 142 Å². The zero-order chi connectivity index (χ0) is 15.8. The summed E-state index contributed by atoms with van der Waals surface area (Å²) in [4.78, 5) is 5.70. The van der Waals surface area contributed by atoms with E-state index in [0.717, 1.165) is 37.2 Å². The highest BCUT2D eigenvalue weighted by atomic mass is 35.5. The van der Waals surface area contributed by atoms with Crippen molar-refractivity contribution < 1.29 is 5.11 Å². The zero-order valence-electron chi connectivity index (χ0n) is 12.1. The fourth-order valence-corrected chi connectivity index (χ4v) is 3.58. The summed E-state index contributed by atoms with van der Waals surface area (Å²) >= 11 is 7.53. The predicted molar refractivity (Wildman–Crippen MR) is 94.9 cm³/mol. The van der Waals surface area contributed by atoms with Crippen LogP contribution in [-0.4, -0.2) is 14.5 Å². The van der Waals surface area contributed by atoms with Gasteiger partial charge in [-0.25, -0.2) is 4.98 Å². The molecule has 0 unspecified atom stereocenters. The van der Waals surface area contributed by atoms with Gasteiger partial charge in [0.1, 0.15) is 5.65 Å². The van der Waals surface area contributed by atoms with Crippen LogP contribution in [0, 0.1) is 0 Å². The number of thiophene rings is 1. The number of aliphatic hydroxyl groups is 1. The number of aromatic nitrogens is 2. The fourth-order valence-electron chi connectivity index (χ4n) is 2.58. The lowest BCUT2D eigenvalue weighted by atomic mass is 10.1. The molecule has 4 rings (SSSR count). The van der Waals surface area contributed by atoms with E-state index in [9.17, 15) is 5.11 Å². The molecule has 1 N–H and O–H groups in total. The van der Waals surface area contributed by atoms with Crippen molar-refractivity contribution in [1.29, 1.82) is 0 Å². The zero-order valence-corrected chi connectivity index (χ0v) is 13.7. The minimum atomic E-state index is 0.0461. The molecule has 0 spiro atoms. The number of fused-ring (bicyclic) bond motifs is 1. The summed E-state index contributed by atoms with van der Waals surface area (Å²) in [6, 6.07) is 15.8. The van der Waals surface area contributed by atoms with Crippen LogP contribution in [-0.2, 0) is 6.61 Å². The third-order valence-electron chi connectivity index (χ3n) is 3.72. The summed E-state index contributed by atoms with van der Waals surface area (Å²) in [5, 5.41) is 9.29. The topological polar surface area (TPSA) is 37.5 Å². The Balaban J connectivity index is 1.78. The molecule has 5 heteroatoms. The van der Waals surface area contributed by atoms with Gasteiger partial charge in [0, 0.05) is 12.4 Å². The van der Waals surface area contributed by atoms with Crippen LogP contribution in [0.25, 0.3) is 27.3 Å². The molecule has 4 aromatic rings. The summed E-state index contributed by atoms with van der Waals surface area (Å²) in [7, 11) is 0. The van der Waals surface area contributed by atoms with Gasteiger partial charge in [-0.3, -0.25) is 0 Å². The Morgan fingerprint density at radius 2 is 1.96 bits per heavy atom. The highest BCUT2D eigenvalue weighted by Crippen LogP contribution is 2.31. The highest BCUT2D eigenvalue weighted by molar-refractivity contribution is 7.19. The maximum atomic E-state index is 9.29. The minimum absolute atomic E-state index is 0.0461. The van der Waals surface area contributed by atoms with Crippen molar-refractivity contribution in [2.24, 2.45) is 0 Å². The molecule has 23 heavy (non-hydrogen) atoms. The van der Waals surface area contributed by atoms with E-state index >= 15 is 0 Å². The molecule has 0 aliphatic heterocycles. The number of rotatable bonds is 3. The van der Waals surface area contributed by atoms with E-state index in [1.165, 1.54) is 11.3 Å². The Kier molecular flexibility index (Phi) is 3.65. The minimum Gasteiger partial charge on any atom is -0.392 e. The SMILES string of the molecule is OCc1cccc(-c2ccc3nc(-c4ccc(Cl)s4)cn3c2)c1. The Morgan fingerprint density at radius 3 is 2.74 bits per heavy atom. The molecule has 0 amide bonds. The van der Waals surface area contributed by atoms with Gasteiger partial charge in [-0.1, -0.05) is 29.8 Å². The Bertz CT molecular complexity index is 990. The van der Waals surface area contributed by atoms with Gasteiger partial charge in [0.05, 0.1) is 21.5 Å². The average Bonchev–Trinajstić information content (AvgIpc) is 3.20. The third kappa shape index (κ3) is 2.77. The molecular formula is C18H13ClN2OS. The molecule has 3 heterocycles. The van der Waals surface area contributed by atoms with Gasteiger partial charge in [0.25, 0.3) is 0 Å². The third-order valence-corrected chi connectivity index (χ3v) is 4.97. The smallest absolute Gasteiger partial charge is 0.137 e. The van der Waals surface area contributed by atoms with E-state index in [1.807, 2.05) is 59.1 Å². The van der Waals surface area contributed by atoms with Crippen molar-refractivity contribution in [2.75, 3.05) is 0 Å². The number of hydrogen-bond donors (Lipinski definition) is 1. The second-order valence-corrected chi connectivity index (χ2v) is 6.99.